The van der Waals surface area contributed by atoms with E-state index in [2.05, 4.69) is 32.8 Å². The Hall–Kier alpha value is -1.21. The van der Waals surface area contributed by atoms with Gasteiger partial charge in [-0.2, -0.15) is 0 Å². The summed E-state index contributed by atoms with van der Waals surface area (Å²) in [6.45, 7) is 1.89. The van der Waals surface area contributed by atoms with Gasteiger partial charge in [-0.25, -0.2) is 4.98 Å². The maximum Gasteiger partial charge on any atom is 0.146 e. The van der Waals surface area contributed by atoms with E-state index in [1.54, 1.807) is 6.20 Å². The van der Waals surface area contributed by atoms with Gasteiger partial charge in [-0.1, -0.05) is 27.8 Å². The van der Waals surface area contributed by atoms with Crippen molar-refractivity contribution in [3.63, 3.8) is 0 Å². The van der Waals surface area contributed by atoms with Crippen LogP contribution >= 0.6 is 15.9 Å². The predicted molar refractivity (Wildman–Crippen MR) is 63.1 cm³/mol. The maximum absolute atomic E-state index is 5.72. The Labute approximate surface area is 92.0 Å². The molecule has 4 N–H and O–H groups in total. The van der Waals surface area contributed by atoms with Crippen molar-refractivity contribution in [2.75, 3.05) is 16.8 Å². The minimum atomic E-state index is 0.369. The Morgan fingerprint density at radius 3 is 2.86 bits per heavy atom. The number of aromatic nitrogens is 1. The van der Waals surface area contributed by atoms with Gasteiger partial charge in [0.25, 0.3) is 0 Å². The van der Waals surface area contributed by atoms with Crippen LogP contribution in [-0.2, 0) is 0 Å². The van der Waals surface area contributed by atoms with Gasteiger partial charge in [0.1, 0.15) is 5.82 Å². The monoisotopic (exact) mass is 253 g/mol. The van der Waals surface area contributed by atoms with Crippen molar-refractivity contribution in [3.05, 3.63) is 17.3 Å². The molecular weight excluding hydrogens is 242 g/mol. The highest BCUT2D eigenvalue weighted by molar-refractivity contribution is 9.09. The van der Waals surface area contributed by atoms with E-state index in [0.29, 0.717) is 11.5 Å². The van der Waals surface area contributed by atoms with Crippen molar-refractivity contribution < 1.29 is 0 Å². The fraction of sp³-hybridized carbons (Fsp3) is 0.300. The number of nitrogen functional groups attached to an aromatic ring is 2. The standard InChI is InChI=1S/C10H12BrN3/c1-7-8(4-2-3-5-11)6-14-10(13)9(7)12/h6H,3,5,12H2,1H3,(H2,13,14). The van der Waals surface area contributed by atoms with Crippen LogP contribution in [0.4, 0.5) is 11.5 Å². The zero-order valence-corrected chi connectivity index (χ0v) is 9.56. The average Bonchev–Trinajstić information content (AvgIpc) is 2.18. The molecule has 0 aliphatic carbocycles. The van der Waals surface area contributed by atoms with Crippen LogP contribution in [0, 0.1) is 18.8 Å². The zero-order valence-electron chi connectivity index (χ0n) is 7.97. The maximum atomic E-state index is 5.72. The van der Waals surface area contributed by atoms with Crippen molar-refractivity contribution >= 4 is 27.4 Å². The van der Waals surface area contributed by atoms with Gasteiger partial charge in [0.05, 0.1) is 5.69 Å². The second kappa shape index (κ2) is 4.87. The highest BCUT2D eigenvalue weighted by atomic mass is 79.9. The molecule has 1 rings (SSSR count). The molecule has 4 heteroatoms. The molecule has 0 aliphatic heterocycles. The molecule has 0 fully saturated rings. The Morgan fingerprint density at radius 2 is 2.21 bits per heavy atom. The minimum Gasteiger partial charge on any atom is -0.395 e. The molecule has 0 saturated carbocycles. The minimum absolute atomic E-state index is 0.369. The van der Waals surface area contributed by atoms with Crippen LogP contribution in [-0.4, -0.2) is 10.3 Å². The first-order valence-corrected chi connectivity index (χ1v) is 5.34. The van der Waals surface area contributed by atoms with Crippen molar-refractivity contribution in [2.24, 2.45) is 0 Å². The van der Waals surface area contributed by atoms with Crippen LogP contribution < -0.4 is 11.5 Å². The average molecular weight is 254 g/mol. The van der Waals surface area contributed by atoms with E-state index < -0.39 is 0 Å². The number of anilines is 2. The van der Waals surface area contributed by atoms with Crippen LogP contribution in [0.3, 0.4) is 0 Å². The van der Waals surface area contributed by atoms with Gasteiger partial charge in [-0.3, -0.25) is 0 Å². The highest BCUT2D eigenvalue weighted by Crippen LogP contribution is 2.19. The van der Waals surface area contributed by atoms with E-state index in [0.717, 1.165) is 22.9 Å². The third-order valence-corrected chi connectivity index (χ3v) is 2.26. The van der Waals surface area contributed by atoms with Gasteiger partial charge in [-0.15, -0.1) is 0 Å². The molecule has 1 aromatic heterocycles. The summed E-state index contributed by atoms with van der Waals surface area (Å²) in [7, 11) is 0. The first-order chi connectivity index (χ1) is 6.66. The normalized spacial score (nSPS) is 9.29. The Morgan fingerprint density at radius 1 is 1.50 bits per heavy atom. The molecule has 3 nitrogen and oxygen atoms in total. The SMILES string of the molecule is Cc1c(C#CCCBr)cnc(N)c1N. The van der Waals surface area contributed by atoms with E-state index >= 15 is 0 Å². The molecule has 74 valence electrons. The molecule has 0 aromatic carbocycles. The summed E-state index contributed by atoms with van der Waals surface area (Å²) >= 11 is 3.30. The third kappa shape index (κ3) is 2.39. The van der Waals surface area contributed by atoms with E-state index in [1.807, 2.05) is 6.92 Å². The second-order valence-electron chi connectivity index (χ2n) is 2.84. The zero-order chi connectivity index (χ0) is 10.6. The van der Waals surface area contributed by atoms with Crippen LogP contribution in [0.5, 0.6) is 0 Å². The van der Waals surface area contributed by atoms with E-state index in [1.165, 1.54) is 0 Å². The molecule has 0 spiro atoms. The van der Waals surface area contributed by atoms with Crippen molar-refractivity contribution in [2.45, 2.75) is 13.3 Å². The molecule has 14 heavy (non-hydrogen) atoms. The highest BCUT2D eigenvalue weighted by Gasteiger charge is 2.03. The number of halogens is 1. The summed E-state index contributed by atoms with van der Waals surface area (Å²) in [5.74, 6) is 6.38. The summed E-state index contributed by atoms with van der Waals surface area (Å²) in [5.41, 5.74) is 13.5. The lowest BCUT2D eigenvalue weighted by Crippen LogP contribution is -2.01. The molecule has 0 atom stereocenters. The number of pyridine rings is 1. The fourth-order valence-electron chi connectivity index (χ4n) is 0.969. The van der Waals surface area contributed by atoms with Crippen molar-refractivity contribution in [1.29, 1.82) is 0 Å². The second-order valence-corrected chi connectivity index (χ2v) is 3.63. The molecule has 0 unspecified atom stereocenters. The van der Waals surface area contributed by atoms with Gasteiger partial charge >= 0.3 is 0 Å². The summed E-state index contributed by atoms with van der Waals surface area (Å²) in [5, 5.41) is 0.872. The van der Waals surface area contributed by atoms with Gasteiger partial charge in [0, 0.05) is 23.5 Å². The smallest absolute Gasteiger partial charge is 0.146 e. The number of alkyl halides is 1. The molecule has 0 saturated heterocycles. The largest absolute Gasteiger partial charge is 0.395 e. The van der Waals surface area contributed by atoms with E-state index in [4.69, 9.17) is 11.5 Å². The summed E-state index contributed by atoms with van der Waals surface area (Å²) < 4.78 is 0. The summed E-state index contributed by atoms with van der Waals surface area (Å²) in [6, 6.07) is 0. The van der Waals surface area contributed by atoms with Gasteiger partial charge in [-0.05, 0) is 12.5 Å². The van der Waals surface area contributed by atoms with E-state index in [-0.39, 0.29) is 0 Å². The molecule has 0 amide bonds. The Kier molecular flexibility index (Phi) is 3.78. The first kappa shape index (κ1) is 10.9. The Balaban J connectivity index is 3.02. The van der Waals surface area contributed by atoms with Gasteiger partial charge in [0.2, 0.25) is 0 Å². The number of rotatable bonds is 1. The molecule has 0 aliphatic rings. The number of hydrogen-bond acceptors (Lipinski definition) is 3. The number of nitrogens with zero attached hydrogens (tertiary/aromatic N) is 1. The van der Waals surface area contributed by atoms with Gasteiger partial charge < -0.3 is 11.5 Å². The topological polar surface area (TPSA) is 64.9 Å². The fourth-order valence-corrected chi connectivity index (χ4v) is 1.17. The predicted octanol–water partition coefficient (Wildman–Crippen LogP) is 1.69. The molecule has 1 heterocycles. The van der Waals surface area contributed by atoms with Crippen molar-refractivity contribution in [3.8, 4) is 11.8 Å². The van der Waals surface area contributed by atoms with Crippen LogP contribution in [0.2, 0.25) is 0 Å². The summed E-state index contributed by atoms with van der Waals surface area (Å²) in [4.78, 5) is 3.96. The Bertz CT molecular complexity index is 390. The van der Waals surface area contributed by atoms with Crippen LogP contribution in [0.1, 0.15) is 17.5 Å². The number of hydrogen-bond donors (Lipinski definition) is 2. The van der Waals surface area contributed by atoms with Crippen molar-refractivity contribution in [1.82, 2.24) is 4.98 Å². The van der Waals surface area contributed by atoms with Crippen LogP contribution in [0.25, 0.3) is 0 Å². The molecular formula is C10H12BrN3. The third-order valence-electron chi connectivity index (χ3n) is 1.86. The first-order valence-electron chi connectivity index (χ1n) is 4.22. The van der Waals surface area contributed by atoms with E-state index in [9.17, 15) is 0 Å². The lowest BCUT2D eigenvalue weighted by atomic mass is 10.1. The van der Waals surface area contributed by atoms with Gasteiger partial charge in [0.15, 0.2) is 0 Å². The van der Waals surface area contributed by atoms with Crippen LogP contribution in [0.15, 0.2) is 6.20 Å². The molecule has 0 radical (unpaired) electrons. The lowest BCUT2D eigenvalue weighted by Gasteiger charge is -2.04. The lowest BCUT2D eigenvalue weighted by molar-refractivity contribution is 1.27. The molecule has 0 bridgehead atoms. The number of nitrogens with two attached hydrogens (primary N) is 2. The molecule has 1 aromatic rings. The summed E-state index contributed by atoms with van der Waals surface area (Å²) in [6.07, 6.45) is 2.46. The quantitative estimate of drug-likeness (QED) is 0.592.